The van der Waals surface area contributed by atoms with E-state index in [2.05, 4.69) is 22.2 Å². The molecule has 0 unspecified atom stereocenters. The number of unbranched alkanes of at least 4 members (excludes halogenated alkanes) is 1. The molecule has 1 amide bonds. The Bertz CT molecular complexity index is 686. The van der Waals surface area contributed by atoms with Gasteiger partial charge in [-0.2, -0.15) is 0 Å². The van der Waals surface area contributed by atoms with E-state index in [0.29, 0.717) is 11.6 Å². The van der Waals surface area contributed by atoms with Crippen LogP contribution in [0.15, 0.2) is 30.3 Å². The van der Waals surface area contributed by atoms with Gasteiger partial charge in [0.1, 0.15) is 11.4 Å². The number of hydrogen-bond acceptors (Lipinski definition) is 5. The fraction of sp³-hybridized carbons (Fsp3) is 0.389. The van der Waals surface area contributed by atoms with Crippen LogP contribution in [-0.4, -0.2) is 41.5 Å². The summed E-state index contributed by atoms with van der Waals surface area (Å²) in [7, 11) is 3.42. The van der Waals surface area contributed by atoms with Crippen LogP contribution in [0.2, 0.25) is 0 Å². The zero-order valence-corrected chi connectivity index (χ0v) is 14.7. The maximum Gasteiger partial charge on any atom is 0.272 e. The molecule has 0 aliphatic carbocycles. The van der Waals surface area contributed by atoms with Crippen molar-refractivity contribution >= 4 is 17.5 Å². The molecule has 0 aliphatic rings. The number of aromatic nitrogens is 2. The highest BCUT2D eigenvalue weighted by Crippen LogP contribution is 2.18. The summed E-state index contributed by atoms with van der Waals surface area (Å²) >= 11 is 0. The van der Waals surface area contributed by atoms with E-state index in [1.165, 1.54) is 0 Å². The number of nitrogens with zero attached hydrogens (tertiary/aromatic N) is 3. The summed E-state index contributed by atoms with van der Waals surface area (Å²) < 4.78 is 5.14. The number of benzene rings is 1. The Morgan fingerprint density at radius 2 is 1.96 bits per heavy atom. The molecule has 6 nitrogen and oxygen atoms in total. The molecule has 0 bridgehead atoms. The van der Waals surface area contributed by atoms with E-state index in [0.717, 1.165) is 36.5 Å². The van der Waals surface area contributed by atoms with Gasteiger partial charge >= 0.3 is 0 Å². The molecule has 0 saturated carbocycles. The van der Waals surface area contributed by atoms with Crippen LogP contribution >= 0.6 is 0 Å². The summed E-state index contributed by atoms with van der Waals surface area (Å²) in [6.07, 6.45) is 2.02. The van der Waals surface area contributed by atoms with E-state index in [1.54, 1.807) is 25.1 Å². The van der Waals surface area contributed by atoms with Gasteiger partial charge in [-0.15, -0.1) is 0 Å². The van der Waals surface area contributed by atoms with Crippen molar-refractivity contribution in [1.82, 2.24) is 14.9 Å². The Labute approximate surface area is 142 Å². The first-order chi connectivity index (χ1) is 11.5. The zero-order chi connectivity index (χ0) is 17.5. The lowest BCUT2D eigenvalue weighted by Gasteiger charge is -2.17. The maximum atomic E-state index is 12.5. The minimum atomic E-state index is -0.0910. The van der Waals surface area contributed by atoms with E-state index in [9.17, 15) is 4.79 Å². The predicted octanol–water partition coefficient (Wildman–Crippen LogP) is 3.41. The van der Waals surface area contributed by atoms with Crippen LogP contribution in [0.4, 0.5) is 11.6 Å². The number of amides is 1. The summed E-state index contributed by atoms with van der Waals surface area (Å²) in [6, 6.07) is 9.16. The molecule has 1 aromatic heterocycles. The molecule has 2 aromatic rings. The van der Waals surface area contributed by atoms with Crippen LogP contribution in [-0.2, 0) is 0 Å². The van der Waals surface area contributed by atoms with Crippen molar-refractivity contribution in [2.24, 2.45) is 0 Å². The van der Waals surface area contributed by atoms with Gasteiger partial charge < -0.3 is 15.0 Å². The summed E-state index contributed by atoms with van der Waals surface area (Å²) in [5.74, 6) is 1.10. The number of nitrogens with one attached hydrogen (secondary N) is 1. The molecule has 1 heterocycles. The Balaban J connectivity index is 2.16. The fourth-order valence-electron chi connectivity index (χ4n) is 2.23. The monoisotopic (exact) mass is 328 g/mol. The highest BCUT2D eigenvalue weighted by Gasteiger charge is 2.15. The number of anilines is 2. The topological polar surface area (TPSA) is 67.4 Å². The average molecular weight is 328 g/mol. The van der Waals surface area contributed by atoms with Gasteiger partial charge in [0.15, 0.2) is 0 Å². The third kappa shape index (κ3) is 4.68. The van der Waals surface area contributed by atoms with E-state index < -0.39 is 0 Å². The second kappa shape index (κ2) is 8.29. The first-order valence-corrected chi connectivity index (χ1v) is 8.05. The normalized spacial score (nSPS) is 10.3. The number of hydrogen-bond donors (Lipinski definition) is 1. The van der Waals surface area contributed by atoms with Crippen LogP contribution in [0.3, 0.4) is 0 Å². The van der Waals surface area contributed by atoms with E-state index in [1.807, 2.05) is 31.2 Å². The van der Waals surface area contributed by atoms with E-state index >= 15 is 0 Å². The van der Waals surface area contributed by atoms with Gasteiger partial charge in [0.2, 0.25) is 5.95 Å². The van der Waals surface area contributed by atoms with Crippen LogP contribution < -0.4 is 10.1 Å². The lowest BCUT2D eigenvalue weighted by atomic mass is 10.2. The van der Waals surface area contributed by atoms with E-state index in [-0.39, 0.29) is 5.91 Å². The molecule has 0 radical (unpaired) electrons. The second-order valence-corrected chi connectivity index (χ2v) is 5.65. The molecule has 2 rings (SSSR count). The van der Waals surface area contributed by atoms with Crippen LogP contribution in [0.5, 0.6) is 5.75 Å². The first kappa shape index (κ1) is 17.7. The van der Waals surface area contributed by atoms with Crippen molar-refractivity contribution in [2.45, 2.75) is 26.7 Å². The number of carbonyl (C=O) groups excluding carboxylic acids is 1. The minimum Gasteiger partial charge on any atom is -0.497 e. The number of ether oxygens (including phenoxy) is 1. The number of rotatable bonds is 7. The van der Waals surface area contributed by atoms with Crippen molar-refractivity contribution in [3.8, 4) is 5.75 Å². The molecular formula is C18H24N4O2. The largest absolute Gasteiger partial charge is 0.497 e. The molecule has 0 spiro atoms. The Hall–Kier alpha value is -2.63. The van der Waals surface area contributed by atoms with Gasteiger partial charge in [-0.25, -0.2) is 9.97 Å². The Morgan fingerprint density at radius 3 is 2.58 bits per heavy atom. The molecule has 1 N–H and O–H groups in total. The fourth-order valence-corrected chi connectivity index (χ4v) is 2.23. The van der Waals surface area contributed by atoms with Gasteiger partial charge in [0.25, 0.3) is 5.91 Å². The van der Waals surface area contributed by atoms with Crippen molar-refractivity contribution in [3.63, 3.8) is 0 Å². The number of aryl methyl sites for hydroxylation is 1. The van der Waals surface area contributed by atoms with Crippen LogP contribution in [0, 0.1) is 6.92 Å². The summed E-state index contributed by atoms with van der Waals surface area (Å²) in [6.45, 7) is 4.67. The molecule has 0 aliphatic heterocycles. The summed E-state index contributed by atoms with van der Waals surface area (Å²) in [4.78, 5) is 22.9. The van der Waals surface area contributed by atoms with Crippen LogP contribution in [0.1, 0.15) is 35.9 Å². The SMILES string of the molecule is CCCCN(C)C(=O)c1cc(C)nc(Nc2ccc(OC)cc2)n1. The quantitative estimate of drug-likeness (QED) is 0.843. The van der Waals surface area contributed by atoms with E-state index in [4.69, 9.17) is 4.74 Å². The summed E-state index contributed by atoms with van der Waals surface area (Å²) in [5.41, 5.74) is 1.98. The van der Waals surface area contributed by atoms with Gasteiger partial charge in [0, 0.05) is 25.0 Å². The molecule has 128 valence electrons. The first-order valence-electron chi connectivity index (χ1n) is 8.05. The predicted molar refractivity (Wildman–Crippen MR) is 94.9 cm³/mol. The van der Waals surface area contributed by atoms with Crippen molar-refractivity contribution < 1.29 is 9.53 Å². The zero-order valence-electron chi connectivity index (χ0n) is 14.7. The van der Waals surface area contributed by atoms with Gasteiger partial charge in [-0.1, -0.05) is 13.3 Å². The molecular weight excluding hydrogens is 304 g/mol. The number of methoxy groups -OCH3 is 1. The standard InChI is InChI=1S/C18H24N4O2/c1-5-6-11-22(3)17(23)16-12-13(2)19-18(21-16)20-14-7-9-15(24-4)10-8-14/h7-10,12H,5-6,11H2,1-4H3,(H,19,20,21). The lowest BCUT2D eigenvalue weighted by Crippen LogP contribution is -2.28. The Kier molecular flexibility index (Phi) is 6.12. The highest BCUT2D eigenvalue weighted by molar-refractivity contribution is 5.92. The molecule has 0 atom stereocenters. The third-order valence-electron chi connectivity index (χ3n) is 3.61. The van der Waals surface area contributed by atoms with Gasteiger partial charge in [-0.3, -0.25) is 4.79 Å². The molecule has 24 heavy (non-hydrogen) atoms. The van der Waals surface area contributed by atoms with Gasteiger partial charge in [-0.05, 0) is 43.7 Å². The van der Waals surface area contributed by atoms with Crippen molar-refractivity contribution in [3.05, 3.63) is 41.7 Å². The molecule has 0 saturated heterocycles. The van der Waals surface area contributed by atoms with Crippen LogP contribution in [0.25, 0.3) is 0 Å². The molecule has 1 aromatic carbocycles. The summed E-state index contributed by atoms with van der Waals surface area (Å²) in [5, 5.41) is 3.12. The third-order valence-corrected chi connectivity index (χ3v) is 3.61. The maximum absolute atomic E-state index is 12.5. The Morgan fingerprint density at radius 1 is 1.25 bits per heavy atom. The minimum absolute atomic E-state index is 0.0910. The van der Waals surface area contributed by atoms with Crippen molar-refractivity contribution in [1.29, 1.82) is 0 Å². The molecule has 0 fully saturated rings. The molecule has 6 heteroatoms. The van der Waals surface area contributed by atoms with Crippen molar-refractivity contribution in [2.75, 3.05) is 26.0 Å². The second-order valence-electron chi connectivity index (χ2n) is 5.65. The lowest BCUT2D eigenvalue weighted by molar-refractivity contribution is 0.0787. The smallest absolute Gasteiger partial charge is 0.272 e. The number of carbonyl (C=O) groups is 1. The average Bonchev–Trinajstić information content (AvgIpc) is 2.59. The van der Waals surface area contributed by atoms with Gasteiger partial charge in [0.05, 0.1) is 7.11 Å². The highest BCUT2D eigenvalue weighted by atomic mass is 16.5.